The first kappa shape index (κ1) is 36.4. The minimum absolute atomic E-state index is 0.367. The van der Waals surface area contributed by atoms with Gasteiger partial charge in [0.2, 0.25) is 11.9 Å². The Labute approximate surface area is 291 Å². The highest BCUT2D eigenvalue weighted by atomic mass is 35.5. The van der Waals surface area contributed by atoms with E-state index < -0.39 is 0 Å². The molecule has 0 unspecified atom stereocenters. The Morgan fingerprint density at radius 3 is 1.70 bits per heavy atom. The average molecular weight is 703 g/mol. The summed E-state index contributed by atoms with van der Waals surface area (Å²) in [5, 5.41) is 7.71. The molecule has 4 heterocycles. The van der Waals surface area contributed by atoms with Crippen LogP contribution in [0.3, 0.4) is 0 Å². The molecule has 2 aromatic carbocycles. The van der Waals surface area contributed by atoms with E-state index in [1.54, 1.807) is 6.07 Å². The highest BCUT2D eigenvalue weighted by molar-refractivity contribution is 6.33. The van der Waals surface area contributed by atoms with Crippen LogP contribution in [0.1, 0.15) is 12.0 Å². The van der Waals surface area contributed by atoms with Crippen molar-refractivity contribution in [3.63, 3.8) is 0 Å². The molecule has 252 valence electrons. The van der Waals surface area contributed by atoms with E-state index in [2.05, 4.69) is 59.7 Å². The molecule has 0 radical (unpaired) electrons. The van der Waals surface area contributed by atoms with Crippen molar-refractivity contribution in [1.29, 1.82) is 0 Å². The van der Waals surface area contributed by atoms with E-state index in [1.807, 2.05) is 41.3 Å². The lowest BCUT2D eigenvalue weighted by Gasteiger charge is -2.27. The maximum Gasteiger partial charge on any atom is 0.228 e. The van der Waals surface area contributed by atoms with Crippen molar-refractivity contribution in [2.24, 2.45) is 5.73 Å². The van der Waals surface area contributed by atoms with Gasteiger partial charge in [-0.2, -0.15) is 4.98 Å². The summed E-state index contributed by atoms with van der Waals surface area (Å²) >= 11 is 17.7. The number of nitrogens with one attached hydrogen (secondary N) is 2. The van der Waals surface area contributed by atoms with Gasteiger partial charge in [-0.15, -0.1) is 0 Å². The summed E-state index contributed by atoms with van der Waals surface area (Å²) in [6, 6.07) is 23.8. The van der Waals surface area contributed by atoms with E-state index in [0.29, 0.717) is 60.3 Å². The van der Waals surface area contributed by atoms with Gasteiger partial charge in [-0.1, -0.05) is 83.3 Å². The Kier molecular flexibility index (Phi) is 16.0. The minimum Gasteiger partial charge on any atom is -0.384 e. The van der Waals surface area contributed by atoms with Gasteiger partial charge in [-0.05, 0) is 30.5 Å². The third-order valence-electron chi connectivity index (χ3n) is 6.96. The maximum absolute atomic E-state index is 6.13. The van der Waals surface area contributed by atoms with E-state index in [0.717, 1.165) is 63.6 Å². The number of nitrogens with zero attached hydrogens (tertiary/aromatic N) is 6. The number of morpholine rings is 2. The van der Waals surface area contributed by atoms with Gasteiger partial charge in [0.15, 0.2) is 0 Å². The van der Waals surface area contributed by atoms with Crippen LogP contribution >= 0.6 is 34.8 Å². The molecule has 2 aliphatic heterocycles. The lowest BCUT2D eigenvalue weighted by molar-refractivity contribution is 0.122. The highest BCUT2D eigenvalue weighted by Crippen LogP contribution is 2.19. The molecule has 0 bridgehead atoms. The van der Waals surface area contributed by atoms with Crippen molar-refractivity contribution >= 4 is 58.2 Å². The molecule has 2 fully saturated rings. The number of benzene rings is 2. The minimum atomic E-state index is 0.367. The van der Waals surface area contributed by atoms with Crippen LogP contribution in [-0.2, 0) is 15.9 Å². The number of rotatable bonds is 10. The van der Waals surface area contributed by atoms with Crippen molar-refractivity contribution in [1.82, 2.24) is 19.9 Å². The van der Waals surface area contributed by atoms with Crippen molar-refractivity contribution in [3.05, 3.63) is 93.8 Å². The van der Waals surface area contributed by atoms with Crippen molar-refractivity contribution in [2.75, 3.05) is 92.7 Å². The lowest BCUT2D eigenvalue weighted by Crippen LogP contribution is -2.37. The monoisotopic (exact) mass is 701 g/mol. The summed E-state index contributed by atoms with van der Waals surface area (Å²) < 4.78 is 10.6. The number of hydrogen-bond donors (Lipinski definition) is 3. The summed E-state index contributed by atoms with van der Waals surface area (Å²) in [6.45, 7) is 8.30. The zero-order chi connectivity index (χ0) is 33.1. The predicted molar refractivity (Wildman–Crippen MR) is 192 cm³/mol. The number of hydrogen-bond acceptors (Lipinski definition) is 11. The first-order chi connectivity index (χ1) is 23.0. The van der Waals surface area contributed by atoms with E-state index >= 15 is 0 Å². The Balaban J connectivity index is 0.000000177. The molecule has 0 saturated carbocycles. The topological polar surface area (TPSA) is 127 Å². The van der Waals surface area contributed by atoms with Crippen LogP contribution in [0.15, 0.2) is 72.8 Å². The van der Waals surface area contributed by atoms with E-state index in [-0.39, 0.29) is 0 Å². The first-order valence-electron chi connectivity index (χ1n) is 15.7. The number of ether oxygens (including phenoxy) is 2. The number of aryl methyl sites for hydroxylation is 1. The van der Waals surface area contributed by atoms with Crippen molar-refractivity contribution < 1.29 is 9.47 Å². The Bertz CT molecular complexity index is 1430. The van der Waals surface area contributed by atoms with Crippen LogP contribution in [0.4, 0.5) is 23.4 Å². The molecule has 2 saturated heterocycles. The van der Waals surface area contributed by atoms with Gasteiger partial charge in [0.05, 0.1) is 26.4 Å². The van der Waals surface area contributed by atoms with Crippen LogP contribution in [0.2, 0.25) is 15.5 Å². The Hall–Kier alpha value is -3.45. The van der Waals surface area contributed by atoms with Crippen molar-refractivity contribution in [3.8, 4) is 0 Å². The number of anilines is 4. The van der Waals surface area contributed by atoms with Gasteiger partial charge in [0.1, 0.15) is 21.3 Å². The third-order valence-corrected chi connectivity index (χ3v) is 7.54. The van der Waals surface area contributed by atoms with E-state index in [1.165, 1.54) is 11.6 Å². The predicted octanol–water partition coefficient (Wildman–Crippen LogP) is 5.69. The van der Waals surface area contributed by atoms with Crippen LogP contribution in [-0.4, -0.2) is 92.2 Å². The lowest BCUT2D eigenvalue weighted by atomic mass is 10.1. The fourth-order valence-corrected chi connectivity index (χ4v) is 5.20. The van der Waals surface area contributed by atoms with Crippen molar-refractivity contribution in [2.45, 2.75) is 12.8 Å². The molecule has 0 spiro atoms. The summed E-state index contributed by atoms with van der Waals surface area (Å²) in [4.78, 5) is 21.2. The quantitative estimate of drug-likeness (QED) is 0.139. The smallest absolute Gasteiger partial charge is 0.228 e. The first-order valence-corrected chi connectivity index (χ1v) is 16.8. The fourth-order valence-electron chi connectivity index (χ4n) is 4.61. The third kappa shape index (κ3) is 13.7. The molecule has 0 amide bonds. The van der Waals surface area contributed by atoms with Gasteiger partial charge in [0.25, 0.3) is 0 Å². The molecule has 2 aromatic heterocycles. The normalized spacial score (nSPS) is 14.3. The largest absolute Gasteiger partial charge is 0.384 e. The number of para-hydroxylation sites is 1. The second-order valence-electron chi connectivity index (χ2n) is 10.5. The molecule has 14 heteroatoms. The molecule has 0 atom stereocenters. The molecular weight excluding hydrogens is 661 g/mol. The van der Waals surface area contributed by atoms with Gasteiger partial charge in [-0.25, -0.2) is 15.0 Å². The number of nitrogens with two attached hydrogens (primary N) is 1. The van der Waals surface area contributed by atoms with Crippen LogP contribution < -0.4 is 26.2 Å². The molecule has 4 N–H and O–H groups in total. The van der Waals surface area contributed by atoms with Gasteiger partial charge in [-0.3, -0.25) is 0 Å². The van der Waals surface area contributed by atoms with Gasteiger partial charge >= 0.3 is 0 Å². The summed E-state index contributed by atoms with van der Waals surface area (Å²) in [5.41, 5.74) is 7.80. The Morgan fingerprint density at radius 2 is 1.15 bits per heavy atom. The van der Waals surface area contributed by atoms with E-state index in [4.69, 9.17) is 50.0 Å². The summed E-state index contributed by atoms with van der Waals surface area (Å²) in [6.07, 6.45) is 2.08. The number of halogens is 3. The van der Waals surface area contributed by atoms with Crippen LogP contribution in [0.25, 0.3) is 0 Å². The summed E-state index contributed by atoms with van der Waals surface area (Å²) in [7, 11) is 0. The molecule has 4 aromatic rings. The molecule has 47 heavy (non-hydrogen) atoms. The molecule has 11 nitrogen and oxygen atoms in total. The second-order valence-corrected chi connectivity index (χ2v) is 11.6. The second kappa shape index (κ2) is 20.7. The SMILES string of the molecule is Clc1cc(Cl)nc(N2CCOCC2)n1.Clc1cc(NCCCc2ccccc2)nc(N2CCOCC2)n1.NCCNc1ccccc1. The fraction of sp³-hybridized carbons (Fsp3) is 0.394. The average Bonchev–Trinajstić information content (AvgIpc) is 3.11. The van der Waals surface area contributed by atoms with Gasteiger partial charge < -0.3 is 35.6 Å². The zero-order valence-electron chi connectivity index (χ0n) is 26.3. The van der Waals surface area contributed by atoms with Crippen LogP contribution in [0, 0.1) is 0 Å². The molecule has 0 aliphatic carbocycles. The highest BCUT2D eigenvalue weighted by Gasteiger charge is 2.16. The molecule has 2 aliphatic rings. The zero-order valence-corrected chi connectivity index (χ0v) is 28.6. The molecular formula is C33H42Cl3N9O2. The standard InChI is InChI=1S/C17H21ClN4O.C8H9Cl2N3O.C8H12N2/c18-15-13-16(19-8-4-7-14-5-2-1-3-6-14)21-17(20-15)22-9-11-23-12-10-22;9-6-5-7(10)12-8(11-6)13-1-3-14-4-2-13;9-6-7-10-8-4-2-1-3-5-8/h1-3,5-6,13H,4,7-12H2,(H,19,20,21);5H,1-4H2;1-5,10H,6-7,9H2. The van der Waals surface area contributed by atoms with E-state index in [9.17, 15) is 0 Å². The molecule has 6 rings (SSSR count). The van der Waals surface area contributed by atoms with Crippen LogP contribution in [0.5, 0.6) is 0 Å². The Morgan fingerprint density at radius 1 is 0.638 bits per heavy atom. The summed E-state index contributed by atoms with van der Waals surface area (Å²) in [5.74, 6) is 2.02. The number of aromatic nitrogens is 4. The van der Waals surface area contributed by atoms with Gasteiger partial charge in [0, 0.05) is 63.6 Å². The maximum atomic E-state index is 6.13.